The Hall–Kier alpha value is -2.40. The molecule has 1 amide bonds. The minimum absolute atomic E-state index is 0.0445. The van der Waals surface area contributed by atoms with Crippen molar-refractivity contribution in [2.45, 2.75) is 12.6 Å². The van der Waals surface area contributed by atoms with E-state index in [4.69, 9.17) is 0 Å². The van der Waals surface area contributed by atoms with E-state index in [1.807, 2.05) is 4.90 Å². The third-order valence-electron chi connectivity index (χ3n) is 4.40. The third kappa shape index (κ3) is 6.34. The summed E-state index contributed by atoms with van der Waals surface area (Å²) in [5, 5.41) is 13.5. The first kappa shape index (κ1) is 21.9. The van der Waals surface area contributed by atoms with E-state index in [2.05, 4.69) is 15.0 Å². The zero-order valence-electron chi connectivity index (χ0n) is 15.5. The molecule has 0 saturated carbocycles. The lowest BCUT2D eigenvalue weighted by Crippen LogP contribution is -2.47. The largest absolute Gasteiger partial charge is 0.411 e. The SMILES string of the molecule is CNC(=O)c1cc([N+](=O)[O-])ccc1N1CCN(CCCOCC(F)(F)F)CC1. The van der Waals surface area contributed by atoms with Crippen LogP contribution in [0.15, 0.2) is 18.2 Å². The number of halogens is 3. The van der Waals surface area contributed by atoms with E-state index in [0.717, 1.165) is 0 Å². The van der Waals surface area contributed by atoms with Crippen LogP contribution in [0, 0.1) is 10.1 Å². The highest BCUT2D eigenvalue weighted by atomic mass is 19.4. The van der Waals surface area contributed by atoms with Crippen molar-refractivity contribution in [3.05, 3.63) is 33.9 Å². The van der Waals surface area contributed by atoms with Gasteiger partial charge in [0.15, 0.2) is 0 Å². The van der Waals surface area contributed by atoms with E-state index in [1.165, 1.54) is 19.2 Å². The van der Waals surface area contributed by atoms with Gasteiger partial charge in [-0.2, -0.15) is 13.2 Å². The second-order valence-corrected chi connectivity index (χ2v) is 6.39. The Labute approximate surface area is 160 Å². The normalized spacial score (nSPS) is 15.5. The molecule has 156 valence electrons. The third-order valence-corrected chi connectivity index (χ3v) is 4.40. The molecule has 8 nitrogen and oxygen atoms in total. The highest BCUT2D eigenvalue weighted by Crippen LogP contribution is 2.26. The van der Waals surface area contributed by atoms with Gasteiger partial charge in [-0.3, -0.25) is 19.8 Å². The maximum atomic E-state index is 12.1. The second kappa shape index (κ2) is 9.69. The average Bonchev–Trinajstić information content (AvgIpc) is 2.66. The molecule has 1 aromatic rings. The lowest BCUT2D eigenvalue weighted by atomic mass is 10.1. The van der Waals surface area contributed by atoms with E-state index >= 15 is 0 Å². The Balaban J connectivity index is 1.89. The van der Waals surface area contributed by atoms with Gasteiger partial charge in [0.1, 0.15) is 6.61 Å². The van der Waals surface area contributed by atoms with Crippen LogP contribution >= 0.6 is 0 Å². The molecular formula is C17H23F3N4O4. The minimum atomic E-state index is -4.31. The molecule has 28 heavy (non-hydrogen) atoms. The maximum absolute atomic E-state index is 12.1. The van der Waals surface area contributed by atoms with Crippen LogP contribution in [-0.2, 0) is 4.74 Å². The summed E-state index contributed by atoms with van der Waals surface area (Å²) in [6.45, 7) is 1.98. The number of amides is 1. The molecule has 11 heteroatoms. The van der Waals surface area contributed by atoms with Crippen LogP contribution in [0.5, 0.6) is 0 Å². The average molecular weight is 404 g/mol. The molecule has 0 radical (unpaired) electrons. The number of benzene rings is 1. The molecule has 1 heterocycles. The van der Waals surface area contributed by atoms with Gasteiger partial charge in [-0.1, -0.05) is 0 Å². The number of anilines is 1. The quantitative estimate of drug-likeness (QED) is 0.405. The molecule has 1 fully saturated rings. The molecule has 1 saturated heterocycles. The number of hydrogen-bond donors (Lipinski definition) is 1. The monoisotopic (exact) mass is 404 g/mol. The van der Waals surface area contributed by atoms with E-state index in [0.29, 0.717) is 44.8 Å². The number of nitrogens with zero attached hydrogens (tertiary/aromatic N) is 3. The van der Waals surface area contributed by atoms with Gasteiger partial charge in [-0.05, 0) is 12.5 Å². The van der Waals surface area contributed by atoms with Gasteiger partial charge in [-0.25, -0.2) is 0 Å². The van der Waals surface area contributed by atoms with Crippen LogP contribution < -0.4 is 10.2 Å². The van der Waals surface area contributed by atoms with Crippen LogP contribution in [0.3, 0.4) is 0 Å². The Bertz CT molecular complexity index is 691. The van der Waals surface area contributed by atoms with Gasteiger partial charge in [0.25, 0.3) is 11.6 Å². The number of nitrogens with one attached hydrogen (secondary N) is 1. The van der Waals surface area contributed by atoms with Crippen molar-refractivity contribution in [3.8, 4) is 0 Å². The van der Waals surface area contributed by atoms with Gasteiger partial charge >= 0.3 is 6.18 Å². The number of alkyl halides is 3. The molecule has 1 aliphatic heterocycles. The number of hydrogen-bond acceptors (Lipinski definition) is 6. The van der Waals surface area contributed by atoms with Crippen LogP contribution in [0.2, 0.25) is 0 Å². The van der Waals surface area contributed by atoms with Gasteiger partial charge < -0.3 is 15.0 Å². The van der Waals surface area contributed by atoms with Crippen molar-refractivity contribution in [1.29, 1.82) is 0 Å². The van der Waals surface area contributed by atoms with Crippen LogP contribution in [-0.4, -0.2) is 74.9 Å². The molecule has 1 aliphatic rings. The van der Waals surface area contributed by atoms with Gasteiger partial charge in [0, 0.05) is 58.5 Å². The molecule has 0 aliphatic carbocycles. The van der Waals surface area contributed by atoms with Crippen molar-refractivity contribution in [1.82, 2.24) is 10.2 Å². The Morgan fingerprint density at radius 2 is 1.96 bits per heavy atom. The number of nitro benzene ring substituents is 1. The second-order valence-electron chi connectivity index (χ2n) is 6.39. The topological polar surface area (TPSA) is 87.9 Å². The molecule has 0 atom stereocenters. The number of non-ortho nitro benzene ring substituents is 1. The highest BCUT2D eigenvalue weighted by molar-refractivity contribution is 6.00. The predicted octanol–water partition coefficient (Wildman–Crippen LogP) is 2.05. The van der Waals surface area contributed by atoms with E-state index < -0.39 is 23.6 Å². The van der Waals surface area contributed by atoms with Crippen LogP contribution in [0.25, 0.3) is 0 Å². The molecule has 1 N–H and O–H groups in total. The summed E-state index contributed by atoms with van der Waals surface area (Å²) in [5.41, 5.74) is 0.712. The highest BCUT2D eigenvalue weighted by Gasteiger charge is 2.27. The summed E-state index contributed by atoms with van der Waals surface area (Å²) < 4.78 is 40.7. The first-order valence-corrected chi connectivity index (χ1v) is 8.83. The van der Waals surface area contributed by atoms with Crippen molar-refractivity contribution in [3.63, 3.8) is 0 Å². The van der Waals surface area contributed by atoms with Crippen molar-refractivity contribution in [2.75, 3.05) is 57.9 Å². The summed E-state index contributed by atoms with van der Waals surface area (Å²) in [6, 6.07) is 4.20. The number of carbonyl (C=O) groups is 1. The number of ether oxygens (including phenoxy) is 1. The number of piperazine rings is 1. The number of rotatable bonds is 8. The number of nitro groups is 1. The lowest BCUT2D eigenvalue weighted by molar-refractivity contribution is -0.384. The summed E-state index contributed by atoms with van der Waals surface area (Å²) in [6.07, 6.45) is -3.81. The zero-order valence-corrected chi connectivity index (χ0v) is 15.5. The molecule has 0 bridgehead atoms. The summed E-state index contributed by atoms with van der Waals surface area (Å²) in [5.74, 6) is -0.400. The van der Waals surface area contributed by atoms with Crippen molar-refractivity contribution >= 4 is 17.3 Å². The fourth-order valence-electron chi connectivity index (χ4n) is 3.02. The summed E-state index contributed by atoms with van der Waals surface area (Å²) in [7, 11) is 1.46. The van der Waals surface area contributed by atoms with E-state index in [9.17, 15) is 28.1 Å². The predicted molar refractivity (Wildman–Crippen MR) is 96.6 cm³/mol. The molecule has 0 aromatic heterocycles. The standard InChI is InChI=1S/C17H23F3N4O4/c1-21-16(25)14-11-13(24(26)27)3-4-15(14)23-8-6-22(7-9-23)5-2-10-28-12-17(18,19)20/h3-4,11H,2,5-10,12H2,1H3,(H,21,25). The molecular weight excluding hydrogens is 381 g/mol. The Morgan fingerprint density at radius 1 is 1.29 bits per heavy atom. The molecule has 2 rings (SSSR count). The Morgan fingerprint density at radius 3 is 2.54 bits per heavy atom. The molecule has 0 unspecified atom stereocenters. The smallest absolute Gasteiger partial charge is 0.372 e. The van der Waals surface area contributed by atoms with Gasteiger partial charge in [0.2, 0.25) is 0 Å². The Kier molecular flexibility index (Phi) is 7.58. The maximum Gasteiger partial charge on any atom is 0.411 e. The van der Waals surface area contributed by atoms with E-state index in [1.54, 1.807) is 6.07 Å². The van der Waals surface area contributed by atoms with Gasteiger partial charge in [0.05, 0.1) is 16.2 Å². The molecule has 1 aromatic carbocycles. The molecule has 0 spiro atoms. The van der Waals surface area contributed by atoms with Crippen molar-refractivity contribution < 1.29 is 27.6 Å². The summed E-state index contributed by atoms with van der Waals surface area (Å²) >= 11 is 0. The van der Waals surface area contributed by atoms with Crippen LogP contribution in [0.4, 0.5) is 24.5 Å². The minimum Gasteiger partial charge on any atom is -0.372 e. The number of carbonyl (C=O) groups excluding carboxylic acids is 1. The van der Waals surface area contributed by atoms with Gasteiger partial charge in [-0.15, -0.1) is 0 Å². The van der Waals surface area contributed by atoms with Crippen molar-refractivity contribution in [2.24, 2.45) is 0 Å². The summed E-state index contributed by atoms with van der Waals surface area (Å²) in [4.78, 5) is 26.6. The first-order valence-electron chi connectivity index (χ1n) is 8.83. The fourth-order valence-corrected chi connectivity index (χ4v) is 3.02. The first-order chi connectivity index (χ1) is 13.2. The zero-order chi connectivity index (χ0) is 20.7. The van der Waals surface area contributed by atoms with Crippen LogP contribution in [0.1, 0.15) is 16.8 Å². The fraction of sp³-hybridized carbons (Fsp3) is 0.588. The van der Waals surface area contributed by atoms with E-state index in [-0.39, 0.29) is 17.9 Å². The lowest BCUT2D eigenvalue weighted by Gasteiger charge is -2.36.